The molecule has 9 nitrogen and oxygen atoms in total. The molecule has 0 bridgehead atoms. The number of carbonyl (C=O) groups excluding carboxylic acids is 1. The molecule has 4 heterocycles. The number of aryl methyl sites for hydroxylation is 1. The number of amides is 1. The van der Waals surface area contributed by atoms with Gasteiger partial charge >= 0.3 is 0 Å². The van der Waals surface area contributed by atoms with Crippen molar-refractivity contribution in [3.8, 4) is 0 Å². The molecule has 0 radical (unpaired) electrons. The van der Waals surface area contributed by atoms with E-state index in [-0.39, 0.29) is 28.6 Å². The molecular formula is C25H32N6O3. The van der Waals surface area contributed by atoms with E-state index in [1.54, 1.807) is 12.3 Å². The van der Waals surface area contributed by atoms with E-state index in [4.69, 9.17) is 15.1 Å². The number of ether oxygens (including phenoxy) is 1. The number of carbonyl (C=O) groups is 1. The maximum atomic E-state index is 13.5. The third kappa shape index (κ3) is 4.37. The number of nitrogens with zero attached hydrogens (tertiary/aromatic N) is 4. The molecule has 3 aromatic heterocycles. The smallest absolute Gasteiger partial charge is 0.267 e. The van der Waals surface area contributed by atoms with E-state index < -0.39 is 0 Å². The zero-order valence-corrected chi connectivity index (χ0v) is 19.7. The Hall–Kier alpha value is -3.04. The summed E-state index contributed by atoms with van der Waals surface area (Å²) in [7, 11) is 0. The third-order valence-electron chi connectivity index (χ3n) is 7.00. The molecule has 1 amide bonds. The first kappa shape index (κ1) is 22.7. The van der Waals surface area contributed by atoms with Gasteiger partial charge in [-0.15, -0.1) is 0 Å². The lowest BCUT2D eigenvalue weighted by Gasteiger charge is -2.27. The lowest BCUT2D eigenvalue weighted by atomic mass is 9.94. The Morgan fingerprint density at radius 1 is 1.21 bits per heavy atom. The number of hydrogen-bond acceptors (Lipinski definition) is 6. The summed E-state index contributed by atoms with van der Waals surface area (Å²) in [5.41, 5.74) is 2.15. The van der Waals surface area contributed by atoms with Gasteiger partial charge in [-0.25, -0.2) is 4.98 Å². The fourth-order valence-corrected chi connectivity index (χ4v) is 5.12. The van der Waals surface area contributed by atoms with Crippen molar-refractivity contribution < 1.29 is 9.53 Å². The Bertz CT molecular complexity index is 1330. The van der Waals surface area contributed by atoms with Crippen LogP contribution in [0.25, 0.3) is 16.7 Å². The molecule has 180 valence electrons. The Morgan fingerprint density at radius 2 is 1.97 bits per heavy atom. The van der Waals surface area contributed by atoms with Crippen molar-refractivity contribution in [3.63, 3.8) is 0 Å². The van der Waals surface area contributed by atoms with Gasteiger partial charge in [0, 0.05) is 38.4 Å². The first-order valence-corrected chi connectivity index (χ1v) is 12.2. The molecule has 5 rings (SSSR count). The molecule has 1 aliphatic heterocycles. The van der Waals surface area contributed by atoms with Crippen LogP contribution in [0.2, 0.25) is 0 Å². The summed E-state index contributed by atoms with van der Waals surface area (Å²) in [4.78, 5) is 33.7. The second kappa shape index (κ2) is 9.68. The zero-order valence-electron chi connectivity index (χ0n) is 19.7. The Kier molecular flexibility index (Phi) is 6.47. The maximum absolute atomic E-state index is 13.5. The van der Waals surface area contributed by atoms with E-state index >= 15 is 0 Å². The lowest BCUT2D eigenvalue weighted by Crippen LogP contribution is -2.42. The maximum Gasteiger partial charge on any atom is 0.267 e. The van der Waals surface area contributed by atoms with E-state index in [9.17, 15) is 9.59 Å². The largest absolute Gasteiger partial charge is 0.379 e. The van der Waals surface area contributed by atoms with Crippen LogP contribution in [0.5, 0.6) is 0 Å². The molecule has 0 atom stereocenters. The topological polar surface area (TPSA) is 105 Å². The summed E-state index contributed by atoms with van der Waals surface area (Å²) in [5, 5.41) is 12.3. The number of nitrogens with one attached hydrogen (secondary N) is 2. The summed E-state index contributed by atoms with van der Waals surface area (Å²) >= 11 is 0. The Morgan fingerprint density at radius 3 is 2.74 bits per heavy atom. The van der Waals surface area contributed by atoms with Gasteiger partial charge in [-0.2, -0.15) is 0 Å². The minimum atomic E-state index is -0.321. The molecule has 0 unspecified atom stereocenters. The van der Waals surface area contributed by atoms with Crippen molar-refractivity contribution >= 4 is 22.6 Å². The molecule has 2 fully saturated rings. The highest BCUT2D eigenvalue weighted by Gasteiger charge is 2.23. The predicted molar refractivity (Wildman–Crippen MR) is 129 cm³/mol. The predicted octanol–water partition coefficient (Wildman–Crippen LogP) is 2.00. The highest BCUT2D eigenvalue weighted by molar-refractivity contribution is 5.96. The van der Waals surface area contributed by atoms with E-state index in [2.05, 4.69) is 10.2 Å². The molecule has 2 N–H and O–H groups in total. The minimum absolute atomic E-state index is 0.0599. The molecule has 3 aromatic rings. The first-order chi connectivity index (χ1) is 16.5. The quantitative estimate of drug-likeness (QED) is 0.562. The van der Waals surface area contributed by atoms with Crippen molar-refractivity contribution in [1.82, 2.24) is 24.2 Å². The highest BCUT2D eigenvalue weighted by atomic mass is 16.5. The standard InChI is InChI=1S/C25H32N6O3/c1-17-7-8-21-28-23-20(25(33)30(21)16-17)15-19(22(26)31(23)18-5-3-2-4-6-18)24(32)27-9-10-29-11-13-34-14-12-29/h7-8,15-16,18,26H,2-6,9-14H2,1H3,(H,27,32). The average molecular weight is 465 g/mol. The number of morpholine rings is 1. The van der Waals surface area contributed by atoms with E-state index in [0.29, 0.717) is 36.4 Å². The van der Waals surface area contributed by atoms with Gasteiger partial charge in [0.15, 0.2) is 0 Å². The molecule has 9 heteroatoms. The molecule has 2 aliphatic rings. The van der Waals surface area contributed by atoms with Crippen LogP contribution in [0.4, 0.5) is 0 Å². The van der Waals surface area contributed by atoms with Crippen LogP contribution in [0.3, 0.4) is 0 Å². The third-order valence-corrected chi connectivity index (χ3v) is 7.00. The molecule has 0 aromatic carbocycles. The molecule has 0 spiro atoms. The van der Waals surface area contributed by atoms with Crippen molar-refractivity contribution in [3.05, 3.63) is 51.4 Å². The zero-order chi connectivity index (χ0) is 23.7. The number of hydrogen-bond donors (Lipinski definition) is 2. The number of rotatable bonds is 5. The summed E-state index contributed by atoms with van der Waals surface area (Å²) in [6.45, 7) is 6.26. The van der Waals surface area contributed by atoms with E-state index in [0.717, 1.165) is 50.9 Å². The van der Waals surface area contributed by atoms with E-state index in [1.165, 1.54) is 10.8 Å². The monoisotopic (exact) mass is 464 g/mol. The second-order valence-corrected chi connectivity index (χ2v) is 9.37. The van der Waals surface area contributed by atoms with Gasteiger partial charge in [-0.3, -0.25) is 24.3 Å². The SMILES string of the molecule is Cc1ccc2nc3c(cc(C(=O)NCCN4CCOCC4)c(=N)n3C3CCCCC3)c(=O)n2c1. The Labute approximate surface area is 197 Å². The van der Waals surface area contributed by atoms with Crippen molar-refractivity contribution in [2.45, 2.75) is 45.1 Å². The van der Waals surface area contributed by atoms with Gasteiger partial charge in [-0.1, -0.05) is 25.3 Å². The summed E-state index contributed by atoms with van der Waals surface area (Å²) < 4.78 is 8.75. The molecular weight excluding hydrogens is 432 g/mol. The summed E-state index contributed by atoms with van der Waals surface area (Å²) in [6.07, 6.45) is 6.92. The van der Waals surface area contributed by atoms with Crippen molar-refractivity contribution in [1.29, 1.82) is 5.41 Å². The highest BCUT2D eigenvalue weighted by Crippen LogP contribution is 2.29. The second-order valence-electron chi connectivity index (χ2n) is 9.37. The number of fused-ring (bicyclic) bond motifs is 2. The normalized spacial score (nSPS) is 17.9. The van der Waals surface area contributed by atoms with E-state index in [1.807, 2.05) is 23.6 Å². The fourth-order valence-electron chi connectivity index (χ4n) is 5.12. The number of pyridine rings is 2. The lowest BCUT2D eigenvalue weighted by molar-refractivity contribution is 0.0383. The number of aromatic nitrogens is 3. The van der Waals surface area contributed by atoms with Crippen LogP contribution in [0, 0.1) is 12.3 Å². The minimum Gasteiger partial charge on any atom is -0.379 e. The van der Waals surface area contributed by atoms with Crippen LogP contribution in [-0.2, 0) is 4.74 Å². The molecule has 1 saturated carbocycles. The fraction of sp³-hybridized carbons (Fsp3) is 0.520. The average Bonchev–Trinajstić information content (AvgIpc) is 2.85. The first-order valence-electron chi connectivity index (χ1n) is 12.2. The van der Waals surface area contributed by atoms with Gasteiger partial charge in [0.25, 0.3) is 11.5 Å². The van der Waals surface area contributed by atoms with Gasteiger partial charge < -0.3 is 14.6 Å². The molecule has 1 saturated heterocycles. The summed E-state index contributed by atoms with van der Waals surface area (Å²) in [6, 6.07) is 5.38. The van der Waals surface area contributed by atoms with Gasteiger partial charge in [0.1, 0.15) is 16.8 Å². The molecule has 34 heavy (non-hydrogen) atoms. The van der Waals surface area contributed by atoms with Crippen molar-refractivity contribution in [2.24, 2.45) is 0 Å². The van der Waals surface area contributed by atoms with Gasteiger partial charge in [0.2, 0.25) is 0 Å². The van der Waals surface area contributed by atoms with Gasteiger partial charge in [-0.05, 0) is 37.5 Å². The van der Waals surface area contributed by atoms with Crippen LogP contribution in [0.15, 0.2) is 29.2 Å². The summed E-state index contributed by atoms with van der Waals surface area (Å²) in [5.74, 6) is -0.321. The van der Waals surface area contributed by atoms with Crippen LogP contribution < -0.4 is 16.4 Å². The van der Waals surface area contributed by atoms with Gasteiger partial charge in [0.05, 0.1) is 24.2 Å². The van der Waals surface area contributed by atoms with Crippen LogP contribution in [-0.4, -0.2) is 64.2 Å². The Balaban J connectivity index is 1.57. The van der Waals surface area contributed by atoms with Crippen molar-refractivity contribution in [2.75, 3.05) is 39.4 Å². The van der Waals surface area contributed by atoms with Crippen LogP contribution >= 0.6 is 0 Å². The van der Waals surface area contributed by atoms with Crippen LogP contribution in [0.1, 0.15) is 54.1 Å². The molecule has 1 aliphatic carbocycles.